The number of aromatic nitrogens is 2. The zero-order valence-electron chi connectivity index (χ0n) is 20.3. The molecule has 0 atom stereocenters. The predicted molar refractivity (Wildman–Crippen MR) is 131 cm³/mol. The van der Waals surface area contributed by atoms with Crippen LogP contribution in [0.25, 0.3) is 22.8 Å². The van der Waals surface area contributed by atoms with Crippen molar-refractivity contribution in [2.24, 2.45) is 0 Å². The van der Waals surface area contributed by atoms with Gasteiger partial charge in [0.1, 0.15) is 11.4 Å². The molecule has 2 N–H and O–H groups in total. The van der Waals surface area contributed by atoms with Crippen LogP contribution >= 0.6 is 0 Å². The van der Waals surface area contributed by atoms with E-state index in [0.29, 0.717) is 42.8 Å². The third kappa shape index (κ3) is 5.50. The molecule has 34 heavy (non-hydrogen) atoms. The van der Waals surface area contributed by atoms with Crippen molar-refractivity contribution in [2.75, 3.05) is 25.4 Å². The first-order valence-corrected chi connectivity index (χ1v) is 11.7. The Balaban J connectivity index is 1.49. The van der Waals surface area contributed by atoms with Crippen LogP contribution in [0.3, 0.4) is 0 Å². The number of nitrogen functional groups attached to an aromatic ring is 1. The number of rotatable bonds is 5. The maximum absolute atomic E-state index is 12.5. The first-order valence-electron chi connectivity index (χ1n) is 11.7. The molecule has 2 heterocycles. The molecule has 1 aromatic heterocycles. The van der Waals surface area contributed by atoms with Crippen LogP contribution in [0.4, 0.5) is 10.5 Å². The van der Waals surface area contributed by atoms with Crippen LogP contribution in [0.2, 0.25) is 0 Å². The maximum Gasteiger partial charge on any atom is 0.410 e. The van der Waals surface area contributed by atoms with E-state index in [0.717, 1.165) is 30.4 Å². The van der Waals surface area contributed by atoms with Gasteiger partial charge in [-0.25, -0.2) is 4.79 Å². The van der Waals surface area contributed by atoms with E-state index >= 15 is 0 Å². The van der Waals surface area contributed by atoms with Crippen LogP contribution in [0, 0.1) is 0 Å². The number of nitrogens with two attached hydrogens (primary N) is 1. The zero-order valence-corrected chi connectivity index (χ0v) is 20.3. The summed E-state index contributed by atoms with van der Waals surface area (Å²) in [6.45, 7) is 9.54. The monoisotopic (exact) mass is 464 g/mol. The minimum atomic E-state index is -0.507. The predicted octanol–water partition coefficient (Wildman–Crippen LogP) is 5.11. The lowest BCUT2D eigenvalue weighted by Gasteiger charge is -2.26. The van der Waals surface area contributed by atoms with E-state index in [1.165, 1.54) is 11.1 Å². The van der Waals surface area contributed by atoms with Crippen LogP contribution in [-0.2, 0) is 17.6 Å². The molecule has 1 aliphatic heterocycles. The third-order valence-electron chi connectivity index (χ3n) is 5.56. The zero-order chi connectivity index (χ0) is 24.3. The second kappa shape index (κ2) is 9.75. The minimum absolute atomic E-state index is 0.270. The molecular formula is C26H32N4O4. The number of fused-ring (bicyclic) bond motifs is 1. The third-order valence-corrected chi connectivity index (χ3v) is 5.56. The number of nitrogens with zero attached hydrogens (tertiary/aromatic N) is 3. The molecule has 0 aliphatic carbocycles. The van der Waals surface area contributed by atoms with Crippen molar-refractivity contribution in [3.63, 3.8) is 0 Å². The molecule has 0 saturated heterocycles. The summed E-state index contributed by atoms with van der Waals surface area (Å²) >= 11 is 0. The number of hydrogen-bond donors (Lipinski definition) is 1. The highest BCUT2D eigenvalue weighted by Gasteiger charge is 2.24. The molecule has 0 unspecified atom stereocenters. The molecule has 0 saturated carbocycles. The first-order chi connectivity index (χ1) is 16.2. The highest BCUT2D eigenvalue weighted by Crippen LogP contribution is 2.30. The van der Waals surface area contributed by atoms with Crippen LogP contribution in [0.15, 0.2) is 40.9 Å². The van der Waals surface area contributed by atoms with Crippen molar-refractivity contribution in [2.45, 2.75) is 52.6 Å². The van der Waals surface area contributed by atoms with Crippen LogP contribution in [0.1, 0.15) is 45.2 Å². The highest BCUT2D eigenvalue weighted by atomic mass is 16.6. The summed E-state index contributed by atoms with van der Waals surface area (Å²) in [7, 11) is 0. The molecule has 2 aromatic carbocycles. The van der Waals surface area contributed by atoms with Gasteiger partial charge in [0.25, 0.3) is 5.89 Å². The molecule has 0 bridgehead atoms. The molecule has 0 radical (unpaired) electrons. The molecule has 8 nitrogen and oxygen atoms in total. The number of benzene rings is 2. The van der Waals surface area contributed by atoms with Gasteiger partial charge in [0.15, 0.2) is 0 Å². The summed E-state index contributed by atoms with van der Waals surface area (Å²) in [5, 5.41) is 4.18. The van der Waals surface area contributed by atoms with Gasteiger partial charge in [-0.2, -0.15) is 4.98 Å². The first kappa shape index (κ1) is 23.6. The Bertz CT molecular complexity index is 1170. The van der Waals surface area contributed by atoms with E-state index in [4.69, 9.17) is 19.7 Å². The number of carbonyl (C=O) groups excluding carboxylic acids is 1. The second-order valence-corrected chi connectivity index (χ2v) is 9.48. The number of carbonyl (C=O) groups is 1. The average molecular weight is 465 g/mol. The lowest BCUT2D eigenvalue weighted by molar-refractivity contribution is 0.0258. The van der Waals surface area contributed by atoms with Gasteiger partial charge >= 0.3 is 6.09 Å². The SMILES string of the molecule is CCCOc1ccc(-c2nc(-c3ccc4c(c3)CCN(C(=O)OC(C)(C)C)CC4)no2)cc1N. The number of hydrogen-bond acceptors (Lipinski definition) is 7. The number of ether oxygens (including phenoxy) is 2. The molecule has 8 heteroatoms. The Morgan fingerprint density at radius 3 is 2.53 bits per heavy atom. The molecule has 1 amide bonds. The van der Waals surface area contributed by atoms with Gasteiger partial charge in [0, 0.05) is 24.2 Å². The van der Waals surface area contributed by atoms with Gasteiger partial charge in [-0.3, -0.25) is 0 Å². The lowest BCUT2D eigenvalue weighted by Crippen LogP contribution is -2.38. The summed E-state index contributed by atoms with van der Waals surface area (Å²) in [5.41, 5.74) is 10.2. The second-order valence-electron chi connectivity index (χ2n) is 9.48. The van der Waals surface area contributed by atoms with E-state index in [2.05, 4.69) is 22.3 Å². The Kier molecular flexibility index (Phi) is 6.77. The number of amides is 1. The molecule has 0 spiro atoms. The van der Waals surface area contributed by atoms with Gasteiger partial charge in [-0.15, -0.1) is 0 Å². The summed E-state index contributed by atoms with van der Waals surface area (Å²) in [6, 6.07) is 11.6. The van der Waals surface area contributed by atoms with E-state index in [1.54, 1.807) is 11.0 Å². The smallest absolute Gasteiger partial charge is 0.410 e. The van der Waals surface area contributed by atoms with Crippen molar-refractivity contribution in [1.29, 1.82) is 0 Å². The van der Waals surface area contributed by atoms with Gasteiger partial charge in [-0.05, 0) is 75.4 Å². The molecule has 3 aromatic rings. The van der Waals surface area contributed by atoms with Crippen molar-refractivity contribution >= 4 is 11.8 Å². The normalized spacial score (nSPS) is 13.8. The van der Waals surface area contributed by atoms with Gasteiger partial charge in [0.05, 0.1) is 12.3 Å². The maximum atomic E-state index is 12.5. The van der Waals surface area contributed by atoms with Crippen LogP contribution in [0.5, 0.6) is 5.75 Å². The van der Waals surface area contributed by atoms with Gasteiger partial charge in [0.2, 0.25) is 5.82 Å². The van der Waals surface area contributed by atoms with E-state index in [1.807, 2.05) is 45.9 Å². The minimum Gasteiger partial charge on any atom is -0.491 e. The Labute approximate surface area is 200 Å². The van der Waals surface area contributed by atoms with Crippen molar-refractivity contribution in [3.05, 3.63) is 47.5 Å². The largest absolute Gasteiger partial charge is 0.491 e. The quantitative estimate of drug-likeness (QED) is 0.523. The number of anilines is 1. The van der Waals surface area contributed by atoms with Crippen molar-refractivity contribution in [3.8, 4) is 28.6 Å². The Morgan fingerprint density at radius 1 is 1.09 bits per heavy atom. The van der Waals surface area contributed by atoms with Crippen molar-refractivity contribution < 1.29 is 18.8 Å². The summed E-state index contributed by atoms with van der Waals surface area (Å²) in [6.07, 6.45) is 2.16. The Morgan fingerprint density at radius 2 is 1.82 bits per heavy atom. The van der Waals surface area contributed by atoms with Crippen LogP contribution in [-0.4, -0.2) is 46.4 Å². The molecule has 4 rings (SSSR count). The fraction of sp³-hybridized carbons (Fsp3) is 0.423. The van der Waals surface area contributed by atoms with Crippen LogP contribution < -0.4 is 10.5 Å². The van der Waals surface area contributed by atoms with E-state index in [9.17, 15) is 4.79 Å². The lowest BCUT2D eigenvalue weighted by atomic mass is 10.00. The molecule has 0 fully saturated rings. The summed E-state index contributed by atoms with van der Waals surface area (Å²) in [4.78, 5) is 18.8. The van der Waals surface area contributed by atoms with E-state index in [-0.39, 0.29) is 6.09 Å². The summed E-state index contributed by atoms with van der Waals surface area (Å²) < 4.78 is 16.7. The van der Waals surface area contributed by atoms with Gasteiger partial charge in [-0.1, -0.05) is 24.2 Å². The van der Waals surface area contributed by atoms with E-state index < -0.39 is 5.60 Å². The van der Waals surface area contributed by atoms with Gasteiger partial charge < -0.3 is 24.6 Å². The van der Waals surface area contributed by atoms with Crippen molar-refractivity contribution in [1.82, 2.24) is 15.0 Å². The average Bonchev–Trinajstić information content (AvgIpc) is 3.18. The fourth-order valence-electron chi connectivity index (χ4n) is 3.86. The Hall–Kier alpha value is -3.55. The topological polar surface area (TPSA) is 104 Å². The molecular weight excluding hydrogens is 432 g/mol. The fourth-order valence-corrected chi connectivity index (χ4v) is 3.86. The standard InChI is InChI=1S/C26H32N4O4/c1-5-14-32-22-9-8-20(16-21(22)27)24-28-23(29-34-24)19-7-6-17-10-12-30(13-11-18(17)15-19)25(31)33-26(2,3)4/h6-9,15-16H,5,10-14,27H2,1-4H3. The summed E-state index contributed by atoms with van der Waals surface area (Å²) in [5.74, 6) is 1.56. The molecule has 180 valence electrons. The molecule has 1 aliphatic rings. The highest BCUT2D eigenvalue weighted by molar-refractivity contribution is 5.69.